The van der Waals surface area contributed by atoms with Crippen molar-refractivity contribution in [3.05, 3.63) is 70.9 Å². The topological polar surface area (TPSA) is 95.3 Å². The van der Waals surface area contributed by atoms with Crippen LogP contribution in [0.4, 0.5) is 5.69 Å². The number of carbonyl (C=O) groups excluding carboxylic acids is 2. The van der Waals surface area contributed by atoms with E-state index in [1.165, 1.54) is 30.2 Å². The molecule has 168 valence electrons. The van der Waals surface area contributed by atoms with Crippen LogP contribution < -0.4 is 10.1 Å². The number of anilines is 1. The van der Waals surface area contributed by atoms with Gasteiger partial charge in [0.15, 0.2) is 11.0 Å². The Bertz CT molecular complexity index is 1250. The maximum Gasteiger partial charge on any atom is 0.350 e. The normalized spacial score (nSPS) is 10.6. The number of nitrogens with one attached hydrogen (secondary N) is 1. The van der Waals surface area contributed by atoms with E-state index in [-0.39, 0.29) is 11.7 Å². The van der Waals surface area contributed by atoms with Gasteiger partial charge in [-0.2, -0.15) is 0 Å². The van der Waals surface area contributed by atoms with Gasteiger partial charge in [-0.25, -0.2) is 4.79 Å². The molecule has 0 aliphatic rings. The van der Waals surface area contributed by atoms with Crippen molar-refractivity contribution in [3.63, 3.8) is 0 Å². The van der Waals surface area contributed by atoms with E-state index in [0.717, 1.165) is 17.0 Å². The molecule has 2 heterocycles. The van der Waals surface area contributed by atoms with Crippen molar-refractivity contribution in [2.75, 3.05) is 25.3 Å². The summed E-state index contributed by atoms with van der Waals surface area (Å²) in [5.41, 5.74) is 2.17. The third kappa shape index (κ3) is 5.07. The van der Waals surface area contributed by atoms with Gasteiger partial charge in [0.1, 0.15) is 10.6 Å². The van der Waals surface area contributed by atoms with E-state index in [1.807, 2.05) is 59.2 Å². The van der Waals surface area contributed by atoms with Gasteiger partial charge < -0.3 is 14.8 Å². The van der Waals surface area contributed by atoms with Crippen LogP contribution in [0.3, 0.4) is 0 Å². The molecule has 0 saturated heterocycles. The first-order valence-electron chi connectivity index (χ1n) is 9.84. The molecule has 2 aromatic heterocycles. The summed E-state index contributed by atoms with van der Waals surface area (Å²) >= 11 is 2.47. The van der Waals surface area contributed by atoms with Gasteiger partial charge in [0, 0.05) is 11.3 Å². The standard InChI is InChI=1S/C23H20N4O4S2/c1-30-17-10-8-15(9-11-17)21-25-26-23(27(21)16-6-4-3-5-7-16)33-14-19(28)24-18-12-13-32-20(18)22(29)31-2/h3-13H,14H2,1-2H3,(H,24,28). The van der Waals surface area contributed by atoms with Crippen molar-refractivity contribution in [2.45, 2.75) is 5.16 Å². The number of esters is 1. The largest absolute Gasteiger partial charge is 0.497 e. The molecule has 2 aromatic carbocycles. The molecule has 0 aliphatic heterocycles. The van der Waals surface area contributed by atoms with Crippen LogP contribution in [0.25, 0.3) is 17.1 Å². The highest BCUT2D eigenvalue weighted by Crippen LogP contribution is 2.29. The SMILES string of the molecule is COC(=O)c1sccc1NC(=O)CSc1nnc(-c2ccc(OC)cc2)n1-c1ccccc1. The lowest BCUT2D eigenvalue weighted by Gasteiger charge is -2.11. The number of amides is 1. The van der Waals surface area contributed by atoms with E-state index in [4.69, 9.17) is 9.47 Å². The number of para-hydroxylation sites is 1. The first-order chi connectivity index (χ1) is 16.1. The third-order valence-electron chi connectivity index (χ3n) is 4.64. The number of hydrogen-bond acceptors (Lipinski definition) is 8. The summed E-state index contributed by atoms with van der Waals surface area (Å²) in [5, 5.41) is 13.8. The summed E-state index contributed by atoms with van der Waals surface area (Å²) in [6.45, 7) is 0. The van der Waals surface area contributed by atoms with Gasteiger partial charge in [0.05, 0.1) is 25.7 Å². The molecule has 4 aromatic rings. The molecule has 0 saturated carbocycles. The number of aromatic nitrogens is 3. The number of thiophene rings is 1. The predicted molar refractivity (Wildman–Crippen MR) is 128 cm³/mol. The first kappa shape index (κ1) is 22.6. The summed E-state index contributed by atoms with van der Waals surface area (Å²) in [7, 11) is 2.92. The van der Waals surface area contributed by atoms with Crippen molar-refractivity contribution in [3.8, 4) is 22.8 Å². The number of thioether (sulfide) groups is 1. The molecular formula is C23H20N4O4S2. The Labute approximate surface area is 198 Å². The van der Waals surface area contributed by atoms with Crippen molar-refractivity contribution in [2.24, 2.45) is 0 Å². The van der Waals surface area contributed by atoms with Gasteiger partial charge in [-0.3, -0.25) is 9.36 Å². The zero-order valence-corrected chi connectivity index (χ0v) is 19.5. The molecule has 0 fully saturated rings. The van der Waals surface area contributed by atoms with Gasteiger partial charge in [0.2, 0.25) is 5.91 Å². The summed E-state index contributed by atoms with van der Waals surface area (Å²) in [6.07, 6.45) is 0. The molecule has 10 heteroatoms. The van der Waals surface area contributed by atoms with Gasteiger partial charge in [-0.1, -0.05) is 30.0 Å². The smallest absolute Gasteiger partial charge is 0.350 e. The van der Waals surface area contributed by atoms with E-state index in [2.05, 4.69) is 15.5 Å². The van der Waals surface area contributed by atoms with Crippen molar-refractivity contribution < 1.29 is 19.1 Å². The maximum atomic E-state index is 12.6. The number of nitrogens with zero attached hydrogens (tertiary/aromatic N) is 3. The molecule has 0 radical (unpaired) electrons. The lowest BCUT2D eigenvalue weighted by Crippen LogP contribution is -2.16. The Balaban J connectivity index is 1.56. The van der Waals surface area contributed by atoms with Crippen LogP contribution >= 0.6 is 23.1 Å². The minimum atomic E-state index is -0.485. The monoisotopic (exact) mass is 480 g/mol. The maximum absolute atomic E-state index is 12.6. The third-order valence-corrected chi connectivity index (χ3v) is 6.46. The fourth-order valence-corrected chi connectivity index (χ4v) is 4.59. The lowest BCUT2D eigenvalue weighted by molar-refractivity contribution is -0.113. The van der Waals surface area contributed by atoms with Crippen molar-refractivity contribution in [1.29, 1.82) is 0 Å². The number of carbonyl (C=O) groups is 2. The van der Waals surface area contributed by atoms with Gasteiger partial charge in [-0.15, -0.1) is 21.5 Å². The molecular weight excluding hydrogens is 460 g/mol. The molecule has 0 bridgehead atoms. The minimum absolute atomic E-state index is 0.0873. The number of ether oxygens (including phenoxy) is 2. The molecule has 0 spiro atoms. The van der Waals surface area contributed by atoms with E-state index < -0.39 is 5.97 Å². The zero-order valence-electron chi connectivity index (χ0n) is 17.8. The molecule has 0 aliphatic carbocycles. The molecule has 1 N–H and O–H groups in total. The highest BCUT2D eigenvalue weighted by Gasteiger charge is 2.19. The van der Waals surface area contributed by atoms with Crippen LogP contribution in [-0.4, -0.2) is 46.6 Å². The Hall–Kier alpha value is -3.63. The highest BCUT2D eigenvalue weighted by molar-refractivity contribution is 7.99. The quantitative estimate of drug-likeness (QED) is 0.293. The van der Waals surface area contributed by atoms with Crippen LogP contribution in [0.2, 0.25) is 0 Å². The van der Waals surface area contributed by atoms with E-state index in [1.54, 1.807) is 18.6 Å². The van der Waals surface area contributed by atoms with Gasteiger partial charge in [0.25, 0.3) is 0 Å². The molecule has 33 heavy (non-hydrogen) atoms. The fraction of sp³-hybridized carbons (Fsp3) is 0.130. The van der Waals surface area contributed by atoms with E-state index in [9.17, 15) is 9.59 Å². The Kier molecular flexibility index (Phi) is 7.06. The average Bonchev–Trinajstić information content (AvgIpc) is 3.50. The second kappa shape index (κ2) is 10.3. The van der Waals surface area contributed by atoms with Crippen molar-refractivity contribution >= 4 is 40.7 Å². The Morgan fingerprint density at radius 1 is 1.03 bits per heavy atom. The highest BCUT2D eigenvalue weighted by atomic mass is 32.2. The number of benzene rings is 2. The molecule has 0 atom stereocenters. The summed E-state index contributed by atoms with van der Waals surface area (Å²) in [4.78, 5) is 24.8. The predicted octanol–water partition coefficient (Wildman–Crippen LogP) is 4.52. The van der Waals surface area contributed by atoms with Crippen LogP contribution in [0, 0.1) is 0 Å². The summed E-state index contributed by atoms with van der Waals surface area (Å²) in [6, 6.07) is 18.9. The number of rotatable bonds is 8. The van der Waals surface area contributed by atoms with Gasteiger partial charge in [-0.05, 0) is 47.8 Å². The molecule has 0 unspecified atom stereocenters. The zero-order chi connectivity index (χ0) is 23.2. The average molecular weight is 481 g/mol. The second-order valence-corrected chi connectivity index (χ2v) is 8.56. The van der Waals surface area contributed by atoms with E-state index in [0.29, 0.717) is 21.5 Å². The Morgan fingerprint density at radius 3 is 2.48 bits per heavy atom. The van der Waals surface area contributed by atoms with Crippen LogP contribution in [0.5, 0.6) is 5.75 Å². The molecule has 4 rings (SSSR count). The molecule has 8 nitrogen and oxygen atoms in total. The van der Waals surface area contributed by atoms with Crippen LogP contribution in [0.15, 0.2) is 71.2 Å². The van der Waals surface area contributed by atoms with Crippen molar-refractivity contribution in [1.82, 2.24) is 14.8 Å². The number of methoxy groups -OCH3 is 2. The van der Waals surface area contributed by atoms with Crippen LogP contribution in [-0.2, 0) is 9.53 Å². The minimum Gasteiger partial charge on any atom is -0.497 e. The second-order valence-electron chi connectivity index (χ2n) is 6.70. The number of hydrogen-bond donors (Lipinski definition) is 1. The summed E-state index contributed by atoms with van der Waals surface area (Å²) in [5.74, 6) is 0.732. The lowest BCUT2D eigenvalue weighted by atomic mass is 10.2. The van der Waals surface area contributed by atoms with Crippen LogP contribution in [0.1, 0.15) is 9.67 Å². The van der Waals surface area contributed by atoms with Gasteiger partial charge >= 0.3 is 5.97 Å². The summed E-state index contributed by atoms with van der Waals surface area (Å²) < 4.78 is 11.9. The Morgan fingerprint density at radius 2 is 1.79 bits per heavy atom. The van der Waals surface area contributed by atoms with E-state index >= 15 is 0 Å². The first-order valence-corrected chi connectivity index (χ1v) is 11.7. The fourth-order valence-electron chi connectivity index (χ4n) is 3.08. The molecule has 1 amide bonds.